The second kappa shape index (κ2) is 7.82. The van der Waals surface area contributed by atoms with Crippen LogP contribution in [-0.2, 0) is 12.0 Å². The van der Waals surface area contributed by atoms with Crippen molar-refractivity contribution in [3.8, 4) is 5.75 Å². The molecule has 0 aromatic heterocycles. The van der Waals surface area contributed by atoms with Crippen molar-refractivity contribution >= 4 is 34.3 Å². The van der Waals surface area contributed by atoms with E-state index in [2.05, 4.69) is 105 Å². The van der Waals surface area contributed by atoms with E-state index in [0.717, 1.165) is 18.6 Å². The zero-order valence-electron chi connectivity index (χ0n) is 20.1. The molecule has 0 N–H and O–H groups in total. The molecule has 3 atom stereocenters. The van der Waals surface area contributed by atoms with Crippen LogP contribution >= 0.6 is 23.5 Å². The number of aliphatic imine (C=N–C) groups is 1. The number of hydrogen-bond donors (Lipinski definition) is 0. The number of benzene rings is 3. The highest BCUT2D eigenvalue weighted by Gasteiger charge is 2.72. The second-order valence-corrected chi connectivity index (χ2v) is 13.2. The minimum atomic E-state index is -0.275. The first-order valence-electron chi connectivity index (χ1n) is 11.9. The fraction of sp³-hybridized carbons (Fsp3) is 0.345. The van der Waals surface area contributed by atoms with Gasteiger partial charge in [0.2, 0.25) is 0 Å². The van der Waals surface area contributed by atoms with Crippen molar-refractivity contribution in [2.45, 2.75) is 53.8 Å². The predicted octanol–water partition coefficient (Wildman–Crippen LogP) is 7.36. The minimum Gasteiger partial charge on any atom is -0.497 e. The Morgan fingerprint density at radius 3 is 2.38 bits per heavy atom. The van der Waals surface area contributed by atoms with Crippen LogP contribution < -0.4 is 9.64 Å². The van der Waals surface area contributed by atoms with Crippen LogP contribution in [0.4, 0.5) is 5.69 Å². The van der Waals surface area contributed by atoms with Gasteiger partial charge in [-0.25, -0.2) is 0 Å². The summed E-state index contributed by atoms with van der Waals surface area (Å²) in [6.45, 7) is 6.63. The third-order valence-corrected chi connectivity index (χ3v) is 10.3. The number of ether oxygens (including phenoxy) is 1. The molecule has 2 saturated heterocycles. The van der Waals surface area contributed by atoms with Gasteiger partial charge in [0.1, 0.15) is 20.5 Å². The lowest BCUT2D eigenvalue weighted by atomic mass is 9.84. The summed E-state index contributed by atoms with van der Waals surface area (Å²) in [6.07, 6.45) is 2.16. The molecule has 174 valence electrons. The standard InChI is InChI=1S/C29H30N2OS2/c1-27(2,3)30-26-28(21-14-16-23(32-4)17-15-21)19-22-18-20-10-8-9-13-25(20)31(28)29(22,34-26)33-24-11-6-5-7-12-24/h5-17,22H,18-19H2,1-4H3/t22-,28-,29+/m0/s1. The third-order valence-electron chi connectivity index (χ3n) is 7.06. The van der Waals surface area contributed by atoms with Crippen LogP contribution in [0.2, 0.25) is 0 Å². The molecule has 6 rings (SSSR count). The van der Waals surface area contributed by atoms with Gasteiger partial charge in [0, 0.05) is 16.5 Å². The lowest BCUT2D eigenvalue weighted by Gasteiger charge is -2.44. The smallest absolute Gasteiger partial charge is 0.147 e. The van der Waals surface area contributed by atoms with Gasteiger partial charge < -0.3 is 9.64 Å². The molecule has 2 fully saturated rings. The quantitative estimate of drug-likeness (QED) is 0.384. The topological polar surface area (TPSA) is 24.8 Å². The van der Waals surface area contributed by atoms with E-state index in [0.29, 0.717) is 5.92 Å². The number of hydrogen-bond acceptors (Lipinski definition) is 5. The van der Waals surface area contributed by atoms with Gasteiger partial charge in [-0.15, -0.1) is 0 Å². The Balaban J connectivity index is 1.61. The van der Waals surface area contributed by atoms with Crippen LogP contribution in [0.3, 0.4) is 0 Å². The summed E-state index contributed by atoms with van der Waals surface area (Å²) >= 11 is 4.01. The maximum Gasteiger partial charge on any atom is 0.147 e. The van der Waals surface area contributed by atoms with E-state index in [1.165, 1.54) is 26.8 Å². The number of fused-ring (bicyclic) bond motifs is 1. The van der Waals surface area contributed by atoms with E-state index >= 15 is 0 Å². The molecule has 34 heavy (non-hydrogen) atoms. The molecule has 3 aromatic rings. The molecule has 3 aromatic carbocycles. The Morgan fingerprint density at radius 1 is 0.971 bits per heavy atom. The zero-order chi connectivity index (χ0) is 23.6. The number of thioether (sulfide) groups is 2. The van der Waals surface area contributed by atoms with Crippen LogP contribution in [0, 0.1) is 5.92 Å². The summed E-state index contributed by atoms with van der Waals surface area (Å²) in [5.74, 6) is 1.40. The number of para-hydroxylation sites is 1. The molecule has 0 radical (unpaired) electrons. The normalized spacial score (nSPS) is 28.3. The van der Waals surface area contributed by atoms with Crippen molar-refractivity contribution in [3.63, 3.8) is 0 Å². The Morgan fingerprint density at radius 2 is 1.68 bits per heavy atom. The van der Waals surface area contributed by atoms with Crippen LogP contribution in [0.1, 0.15) is 38.3 Å². The first-order chi connectivity index (χ1) is 16.4. The Kier molecular flexibility index (Phi) is 5.09. The first-order valence-corrected chi connectivity index (χ1v) is 13.6. The van der Waals surface area contributed by atoms with Gasteiger partial charge in [-0.2, -0.15) is 0 Å². The van der Waals surface area contributed by atoms with Crippen molar-refractivity contribution in [3.05, 3.63) is 90.0 Å². The van der Waals surface area contributed by atoms with E-state index in [-0.39, 0.29) is 15.3 Å². The minimum absolute atomic E-state index is 0.125. The maximum absolute atomic E-state index is 5.50. The summed E-state index contributed by atoms with van der Waals surface area (Å²) in [7, 11) is 1.73. The molecule has 0 saturated carbocycles. The number of rotatable bonds is 4. The molecular weight excluding hydrogens is 456 g/mol. The van der Waals surface area contributed by atoms with Crippen LogP contribution in [-0.4, -0.2) is 21.9 Å². The second-order valence-electron chi connectivity index (χ2n) is 10.4. The SMILES string of the molecule is COc1ccc([C@]23C[C@@H]4Cc5ccccc5N2[C@]4(Sc2ccccc2)SC3=NC(C)(C)C)cc1. The highest BCUT2D eigenvalue weighted by atomic mass is 32.2. The molecule has 0 aliphatic carbocycles. The molecule has 0 unspecified atom stereocenters. The van der Waals surface area contributed by atoms with E-state index in [1.54, 1.807) is 7.11 Å². The van der Waals surface area contributed by atoms with Crippen molar-refractivity contribution < 1.29 is 4.74 Å². The highest BCUT2D eigenvalue weighted by molar-refractivity contribution is 8.27. The summed E-state index contributed by atoms with van der Waals surface area (Å²) in [4.78, 5) is 9.44. The van der Waals surface area contributed by atoms with Gasteiger partial charge >= 0.3 is 0 Å². The van der Waals surface area contributed by atoms with Crippen LogP contribution in [0.25, 0.3) is 0 Å². The fourth-order valence-corrected chi connectivity index (χ4v) is 9.50. The highest BCUT2D eigenvalue weighted by Crippen LogP contribution is 2.73. The Labute approximate surface area is 211 Å². The van der Waals surface area contributed by atoms with Crippen molar-refractivity contribution in [1.29, 1.82) is 0 Å². The Bertz CT molecular complexity index is 1250. The van der Waals surface area contributed by atoms with E-state index in [4.69, 9.17) is 9.73 Å². The first kappa shape index (κ1) is 22.1. The largest absolute Gasteiger partial charge is 0.497 e. The van der Waals surface area contributed by atoms with Gasteiger partial charge in [-0.05, 0) is 75.1 Å². The van der Waals surface area contributed by atoms with Crippen molar-refractivity contribution in [2.24, 2.45) is 10.9 Å². The molecule has 0 spiro atoms. The molecule has 5 heteroatoms. The fourth-order valence-electron chi connectivity index (χ4n) is 5.77. The van der Waals surface area contributed by atoms with Gasteiger partial charge in [-0.3, -0.25) is 4.99 Å². The summed E-state index contributed by atoms with van der Waals surface area (Å²) in [6, 6.07) is 28.6. The monoisotopic (exact) mass is 486 g/mol. The average molecular weight is 487 g/mol. The van der Waals surface area contributed by atoms with E-state index < -0.39 is 0 Å². The molecular formula is C29H30N2OS2. The Hall–Kier alpha value is -2.37. The van der Waals surface area contributed by atoms with Gasteiger partial charge in [0.15, 0.2) is 0 Å². The molecule has 3 nitrogen and oxygen atoms in total. The third kappa shape index (κ3) is 3.24. The lowest BCUT2D eigenvalue weighted by molar-refractivity contribution is 0.414. The number of methoxy groups -OCH3 is 1. The molecule has 4 bridgehead atoms. The van der Waals surface area contributed by atoms with Crippen molar-refractivity contribution in [1.82, 2.24) is 0 Å². The van der Waals surface area contributed by atoms with Crippen LogP contribution in [0.15, 0.2) is 88.8 Å². The van der Waals surface area contributed by atoms with Gasteiger partial charge in [0.05, 0.1) is 12.6 Å². The summed E-state index contributed by atoms with van der Waals surface area (Å²) in [5.41, 5.74) is 3.67. The number of anilines is 1. The molecule has 3 heterocycles. The molecule has 3 aliphatic rings. The van der Waals surface area contributed by atoms with Gasteiger partial charge in [-0.1, -0.05) is 72.1 Å². The molecule has 3 aliphatic heterocycles. The number of nitrogens with zero attached hydrogens (tertiary/aromatic N) is 2. The average Bonchev–Trinajstić information content (AvgIpc) is 3.16. The van der Waals surface area contributed by atoms with Gasteiger partial charge in [0.25, 0.3) is 0 Å². The lowest BCUT2D eigenvalue weighted by Crippen LogP contribution is -2.48. The summed E-state index contributed by atoms with van der Waals surface area (Å²) in [5, 5.41) is 1.24. The maximum atomic E-state index is 5.50. The predicted molar refractivity (Wildman–Crippen MR) is 145 cm³/mol. The summed E-state index contributed by atoms with van der Waals surface area (Å²) < 4.78 is 5.38. The van der Waals surface area contributed by atoms with Crippen molar-refractivity contribution in [2.75, 3.05) is 12.0 Å². The zero-order valence-corrected chi connectivity index (χ0v) is 21.7. The van der Waals surface area contributed by atoms with E-state index in [1.807, 2.05) is 23.5 Å². The van der Waals surface area contributed by atoms with E-state index in [9.17, 15) is 0 Å². The van der Waals surface area contributed by atoms with Crippen LogP contribution in [0.5, 0.6) is 5.75 Å². The molecule has 0 amide bonds.